The second-order valence-corrected chi connectivity index (χ2v) is 6.71. The molecule has 1 atom stereocenters. The molecule has 0 fully saturated rings. The summed E-state index contributed by atoms with van der Waals surface area (Å²) in [5.74, 6) is 6.84. The fourth-order valence-corrected chi connectivity index (χ4v) is 2.80. The molecule has 0 aliphatic rings. The molecule has 0 saturated carbocycles. The Bertz CT molecular complexity index is 827. The molecule has 0 aliphatic heterocycles. The Morgan fingerprint density at radius 1 is 0.815 bits per heavy atom. The molecule has 4 nitrogen and oxygen atoms in total. The summed E-state index contributed by atoms with van der Waals surface area (Å²) in [6, 6.07) is 24.5. The van der Waals surface area contributed by atoms with Crippen LogP contribution < -0.4 is 21.3 Å². The monoisotopic (exact) mass is 361 g/mol. The Hall–Kier alpha value is -2.98. The average Bonchev–Trinajstić information content (AvgIpc) is 2.73. The average molecular weight is 361 g/mol. The molecule has 140 valence electrons. The number of ether oxygens (including phenoxy) is 1. The molecular formula is C23H27N3O. The Kier molecular flexibility index (Phi) is 6.34. The van der Waals surface area contributed by atoms with E-state index in [2.05, 4.69) is 48.9 Å². The maximum absolute atomic E-state index is 5.90. The molecule has 27 heavy (non-hydrogen) atoms. The Balaban J connectivity index is 1.54. The standard InChI is InChI=1S/C23H27N3O/c1-3-17(2)19-6-4-18(5-7-19)16-27-23-14-12-21(13-15-23)25-20-8-10-22(26-24)11-9-20/h4-15,17,25-26H,3,16,24H2,1-2H3. The minimum absolute atomic E-state index is 0.571. The second kappa shape index (κ2) is 9.10. The molecule has 0 bridgehead atoms. The largest absolute Gasteiger partial charge is 0.489 e. The summed E-state index contributed by atoms with van der Waals surface area (Å²) in [6.45, 7) is 5.04. The zero-order valence-electron chi connectivity index (χ0n) is 15.9. The van der Waals surface area contributed by atoms with E-state index in [9.17, 15) is 0 Å². The van der Waals surface area contributed by atoms with Gasteiger partial charge in [-0.1, -0.05) is 38.1 Å². The van der Waals surface area contributed by atoms with Gasteiger partial charge in [-0.2, -0.15) is 0 Å². The Morgan fingerprint density at radius 2 is 1.37 bits per heavy atom. The van der Waals surface area contributed by atoms with Gasteiger partial charge in [-0.3, -0.25) is 5.84 Å². The Morgan fingerprint density at radius 3 is 1.93 bits per heavy atom. The van der Waals surface area contributed by atoms with Crippen molar-refractivity contribution in [1.82, 2.24) is 0 Å². The van der Waals surface area contributed by atoms with Crippen LogP contribution in [0.2, 0.25) is 0 Å². The van der Waals surface area contributed by atoms with Gasteiger partial charge in [0.25, 0.3) is 0 Å². The van der Waals surface area contributed by atoms with Gasteiger partial charge in [-0.15, -0.1) is 0 Å². The molecule has 0 amide bonds. The zero-order chi connectivity index (χ0) is 19.1. The van der Waals surface area contributed by atoms with Crippen molar-refractivity contribution in [3.63, 3.8) is 0 Å². The van der Waals surface area contributed by atoms with Gasteiger partial charge in [0.15, 0.2) is 0 Å². The molecule has 0 aromatic heterocycles. The SMILES string of the molecule is CCC(C)c1ccc(COc2ccc(Nc3ccc(NN)cc3)cc2)cc1. The van der Waals surface area contributed by atoms with Crippen LogP contribution in [-0.4, -0.2) is 0 Å². The molecule has 0 saturated heterocycles. The van der Waals surface area contributed by atoms with Crippen molar-refractivity contribution in [2.24, 2.45) is 5.84 Å². The maximum atomic E-state index is 5.90. The van der Waals surface area contributed by atoms with Crippen molar-refractivity contribution in [2.45, 2.75) is 32.8 Å². The van der Waals surface area contributed by atoms with Crippen molar-refractivity contribution in [3.05, 3.63) is 83.9 Å². The summed E-state index contributed by atoms with van der Waals surface area (Å²) in [4.78, 5) is 0. The predicted molar refractivity (Wildman–Crippen MR) is 113 cm³/mol. The lowest BCUT2D eigenvalue weighted by atomic mass is 9.98. The van der Waals surface area contributed by atoms with Crippen LogP contribution in [-0.2, 0) is 6.61 Å². The number of rotatable bonds is 8. The molecule has 0 aliphatic carbocycles. The lowest BCUT2D eigenvalue weighted by Crippen LogP contribution is -2.06. The normalized spacial score (nSPS) is 11.7. The molecule has 0 heterocycles. The molecule has 4 N–H and O–H groups in total. The number of nitrogens with one attached hydrogen (secondary N) is 2. The lowest BCUT2D eigenvalue weighted by molar-refractivity contribution is 0.306. The van der Waals surface area contributed by atoms with Crippen LogP contribution in [0, 0.1) is 0 Å². The molecule has 3 aromatic rings. The number of nitrogen functional groups attached to an aromatic ring is 1. The molecule has 3 rings (SSSR count). The number of hydrogen-bond acceptors (Lipinski definition) is 4. The van der Waals surface area contributed by atoms with Crippen LogP contribution in [0.1, 0.15) is 37.3 Å². The van der Waals surface area contributed by atoms with Crippen molar-refractivity contribution >= 4 is 17.1 Å². The van der Waals surface area contributed by atoms with Crippen LogP contribution in [0.3, 0.4) is 0 Å². The first-order valence-corrected chi connectivity index (χ1v) is 9.33. The van der Waals surface area contributed by atoms with E-state index in [0.29, 0.717) is 12.5 Å². The first-order chi connectivity index (χ1) is 13.2. The van der Waals surface area contributed by atoms with E-state index in [1.807, 2.05) is 48.5 Å². The van der Waals surface area contributed by atoms with Crippen LogP contribution in [0.25, 0.3) is 0 Å². The van der Waals surface area contributed by atoms with Crippen LogP contribution >= 0.6 is 0 Å². The van der Waals surface area contributed by atoms with Gasteiger partial charge < -0.3 is 15.5 Å². The van der Waals surface area contributed by atoms with Crippen molar-refractivity contribution < 1.29 is 4.74 Å². The minimum atomic E-state index is 0.571. The van der Waals surface area contributed by atoms with Gasteiger partial charge in [0, 0.05) is 17.1 Å². The number of anilines is 3. The molecule has 0 spiro atoms. The third-order valence-electron chi connectivity index (χ3n) is 4.76. The summed E-state index contributed by atoms with van der Waals surface area (Å²) in [6.07, 6.45) is 1.16. The number of nitrogens with two attached hydrogens (primary N) is 1. The second-order valence-electron chi connectivity index (χ2n) is 6.71. The summed E-state index contributed by atoms with van der Waals surface area (Å²) >= 11 is 0. The van der Waals surface area contributed by atoms with E-state index >= 15 is 0 Å². The van der Waals surface area contributed by atoms with Gasteiger partial charge in [0.05, 0.1) is 0 Å². The first kappa shape index (κ1) is 18.8. The highest BCUT2D eigenvalue weighted by Crippen LogP contribution is 2.23. The van der Waals surface area contributed by atoms with Gasteiger partial charge in [-0.25, -0.2) is 0 Å². The van der Waals surface area contributed by atoms with Gasteiger partial charge in [0.2, 0.25) is 0 Å². The highest BCUT2D eigenvalue weighted by atomic mass is 16.5. The van der Waals surface area contributed by atoms with E-state index in [0.717, 1.165) is 29.2 Å². The number of hydrazine groups is 1. The van der Waals surface area contributed by atoms with Crippen molar-refractivity contribution in [3.8, 4) is 5.75 Å². The van der Waals surface area contributed by atoms with E-state index in [-0.39, 0.29) is 0 Å². The highest BCUT2D eigenvalue weighted by molar-refractivity contribution is 5.62. The third kappa shape index (κ3) is 5.25. The lowest BCUT2D eigenvalue weighted by Gasteiger charge is -2.11. The summed E-state index contributed by atoms with van der Waals surface area (Å²) in [5.41, 5.74) is 8.07. The molecular weight excluding hydrogens is 334 g/mol. The first-order valence-electron chi connectivity index (χ1n) is 9.33. The van der Waals surface area contributed by atoms with E-state index < -0.39 is 0 Å². The van der Waals surface area contributed by atoms with Gasteiger partial charge in [0.1, 0.15) is 12.4 Å². The van der Waals surface area contributed by atoms with Crippen molar-refractivity contribution in [2.75, 3.05) is 10.7 Å². The van der Waals surface area contributed by atoms with Crippen LogP contribution in [0.15, 0.2) is 72.8 Å². The van der Waals surface area contributed by atoms with Gasteiger partial charge in [-0.05, 0) is 72.0 Å². The summed E-state index contributed by atoms with van der Waals surface area (Å²) in [5, 5.41) is 3.35. The Labute approximate surface area is 161 Å². The highest BCUT2D eigenvalue weighted by Gasteiger charge is 2.03. The van der Waals surface area contributed by atoms with Gasteiger partial charge >= 0.3 is 0 Å². The smallest absolute Gasteiger partial charge is 0.119 e. The van der Waals surface area contributed by atoms with E-state index in [1.54, 1.807) is 0 Å². The fraction of sp³-hybridized carbons (Fsp3) is 0.217. The third-order valence-corrected chi connectivity index (χ3v) is 4.76. The molecule has 4 heteroatoms. The molecule has 1 unspecified atom stereocenters. The topological polar surface area (TPSA) is 59.3 Å². The van der Waals surface area contributed by atoms with Crippen LogP contribution in [0.5, 0.6) is 5.75 Å². The number of hydrogen-bond donors (Lipinski definition) is 3. The minimum Gasteiger partial charge on any atom is -0.489 e. The summed E-state index contributed by atoms with van der Waals surface area (Å²) in [7, 11) is 0. The quantitative estimate of drug-likeness (QED) is 0.350. The van der Waals surface area contributed by atoms with E-state index in [1.165, 1.54) is 11.1 Å². The maximum Gasteiger partial charge on any atom is 0.119 e. The molecule has 3 aromatic carbocycles. The van der Waals surface area contributed by atoms with Crippen molar-refractivity contribution in [1.29, 1.82) is 0 Å². The predicted octanol–water partition coefficient (Wildman–Crippen LogP) is 5.81. The summed E-state index contributed by atoms with van der Waals surface area (Å²) < 4.78 is 5.90. The molecule has 0 radical (unpaired) electrons. The fourth-order valence-electron chi connectivity index (χ4n) is 2.80. The number of benzene rings is 3. The zero-order valence-corrected chi connectivity index (χ0v) is 15.9. The van der Waals surface area contributed by atoms with E-state index in [4.69, 9.17) is 10.6 Å². The van der Waals surface area contributed by atoms with Crippen LogP contribution in [0.4, 0.5) is 17.1 Å².